The molecular weight excluding hydrogens is 742 g/mol. The predicted molar refractivity (Wildman–Crippen MR) is 225 cm³/mol. The van der Waals surface area contributed by atoms with Crippen LogP contribution in [0.25, 0.3) is 0 Å². The molecule has 11 heteroatoms. The molecule has 0 bridgehead atoms. The molecule has 1 aliphatic rings. The lowest BCUT2D eigenvalue weighted by Crippen LogP contribution is -2.42. The van der Waals surface area contributed by atoms with Crippen LogP contribution >= 0.6 is 11.6 Å². The second-order valence-corrected chi connectivity index (χ2v) is 16.3. The number of nitrogens with one attached hydrogen (secondary N) is 2. The summed E-state index contributed by atoms with van der Waals surface area (Å²) in [5.41, 5.74) is 7.73. The van der Waals surface area contributed by atoms with E-state index >= 15 is 0 Å². The molecule has 2 atom stereocenters. The highest BCUT2D eigenvalue weighted by Gasteiger charge is 2.42. The fraction of sp³-hybridized carbons (Fsp3) is 0.543. The van der Waals surface area contributed by atoms with Crippen LogP contribution in [0.4, 0.5) is 4.79 Å². The molecule has 0 spiro atoms. The van der Waals surface area contributed by atoms with E-state index in [1.165, 1.54) is 63.4 Å². The molecule has 0 saturated heterocycles. The van der Waals surface area contributed by atoms with Crippen molar-refractivity contribution in [1.82, 2.24) is 10.6 Å². The van der Waals surface area contributed by atoms with E-state index in [9.17, 15) is 14.4 Å². The van der Waals surface area contributed by atoms with Gasteiger partial charge in [-0.15, -0.1) is 0 Å². The van der Waals surface area contributed by atoms with Crippen molar-refractivity contribution >= 4 is 29.6 Å². The number of unbranched alkanes of at least 4 members (excludes halogenated alkanes) is 1. The van der Waals surface area contributed by atoms with E-state index in [2.05, 4.69) is 34.9 Å². The Morgan fingerprint density at radius 1 is 0.719 bits per heavy atom. The first-order valence-corrected chi connectivity index (χ1v) is 21.2. The maximum absolute atomic E-state index is 13.7. The number of alkyl carbamates (subject to hydrolysis) is 1. The molecule has 3 aromatic rings. The molecule has 1 saturated carbocycles. The van der Waals surface area contributed by atoms with Gasteiger partial charge in [-0.05, 0) is 70.4 Å². The van der Waals surface area contributed by atoms with Gasteiger partial charge in [-0.25, -0.2) is 9.59 Å². The SMILES string of the molecule is CC(C)(C)OC(=O)NCCCC[C@H](N)C(=O)NCCOCCOCC(=O)OC(c1ccccc1)(c1ccc(C2CCCCCCCCC2)cc1)c1ccccc1Cl. The Morgan fingerprint density at radius 2 is 1.33 bits per heavy atom. The van der Waals surface area contributed by atoms with Crippen LogP contribution in [-0.2, 0) is 34.1 Å². The lowest BCUT2D eigenvalue weighted by molar-refractivity contribution is -0.159. The van der Waals surface area contributed by atoms with E-state index in [1.807, 2.05) is 54.6 Å². The normalized spacial score (nSPS) is 15.8. The van der Waals surface area contributed by atoms with Crippen molar-refractivity contribution in [2.75, 3.05) is 39.5 Å². The third-order valence-electron chi connectivity index (χ3n) is 10.2. The average molecular weight is 806 g/mol. The fourth-order valence-corrected chi connectivity index (χ4v) is 7.55. The zero-order valence-corrected chi connectivity index (χ0v) is 35.0. The van der Waals surface area contributed by atoms with Crippen molar-refractivity contribution in [1.29, 1.82) is 0 Å². The average Bonchev–Trinajstić information content (AvgIpc) is 3.19. The number of hydrogen-bond donors (Lipinski definition) is 3. The first kappa shape index (κ1) is 45.7. The molecule has 2 amide bonds. The van der Waals surface area contributed by atoms with E-state index in [1.54, 1.807) is 20.8 Å². The molecule has 3 aromatic carbocycles. The van der Waals surface area contributed by atoms with Crippen LogP contribution in [0.15, 0.2) is 78.9 Å². The van der Waals surface area contributed by atoms with Gasteiger partial charge < -0.3 is 35.3 Å². The summed E-state index contributed by atoms with van der Waals surface area (Å²) >= 11 is 6.90. The van der Waals surface area contributed by atoms with Crippen molar-refractivity contribution < 1.29 is 33.3 Å². The number of halogens is 1. The Morgan fingerprint density at radius 3 is 2.00 bits per heavy atom. The molecule has 0 aliphatic heterocycles. The number of esters is 1. The van der Waals surface area contributed by atoms with E-state index in [0.717, 1.165) is 11.1 Å². The number of carbonyl (C=O) groups is 3. The van der Waals surface area contributed by atoms with E-state index in [-0.39, 0.29) is 38.9 Å². The summed E-state index contributed by atoms with van der Waals surface area (Å²) in [4.78, 5) is 37.8. The smallest absolute Gasteiger partial charge is 0.407 e. The third-order valence-corrected chi connectivity index (χ3v) is 10.5. The number of benzene rings is 3. The largest absolute Gasteiger partial charge is 0.444 e. The second kappa shape index (κ2) is 24.1. The summed E-state index contributed by atoms with van der Waals surface area (Å²) in [6.45, 7) is 6.49. The molecule has 1 fully saturated rings. The number of nitrogens with two attached hydrogens (primary N) is 1. The van der Waals surface area contributed by atoms with E-state index < -0.39 is 29.3 Å². The van der Waals surface area contributed by atoms with Crippen molar-refractivity contribution in [2.45, 2.75) is 121 Å². The van der Waals surface area contributed by atoms with Crippen LogP contribution in [0.3, 0.4) is 0 Å². The minimum Gasteiger partial charge on any atom is -0.444 e. The Labute approximate surface area is 344 Å². The van der Waals surface area contributed by atoms with Crippen molar-refractivity contribution in [3.63, 3.8) is 0 Å². The molecule has 1 unspecified atom stereocenters. The third kappa shape index (κ3) is 15.4. The Kier molecular flexibility index (Phi) is 19.3. The zero-order chi connectivity index (χ0) is 40.9. The highest BCUT2D eigenvalue weighted by molar-refractivity contribution is 6.31. The summed E-state index contributed by atoms with van der Waals surface area (Å²) in [6, 6.07) is 25.1. The molecule has 312 valence electrons. The number of ether oxygens (including phenoxy) is 4. The second-order valence-electron chi connectivity index (χ2n) is 15.9. The molecule has 0 aromatic heterocycles. The first-order chi connectivity index (χ1) is 27.5. The van der Waals surface area contributed by atoms with Gasteiger partial charge in [0.25, 0.3) is 0 Å². The van der Waals surface area contributed by atoms with Gasteiger partial charge in [0.15, 0.2) is 5.60 Å². The van der Waals surface area contributed by atoms with Gasteiger partial charge in [0.05, 0.1) is 25.9 Å². The predicted octanol–water partition coefficient (Wildman–Crippen LogP) is 8.95. The highest BCUT2D eigenvalue weighted by atomic mass is 35.5. The maximum Gasteiger partial charge on any atom is 0.407 e. The lowest BCUT2D eigenvalue weighted by Gasteiger charge is -2.36. The topological polar surface area (TPSA) is 138 Å². The molecule has 0 heterocycles. The fourth-order valence-electron chi connectivity index (χ4n) is 7.28. The van der Waals surface area contributed by atoms with Gasteiger partial charge in [-0.3, -0.25) is 4.79 Å². The van der Waals surface area contributed by atoms with Crippen LogP contribution < -0.4 is 16.4 Å². The maximum atomic E-state index is 13.7. The van der Waals surface area contributed by atoms with Gasteiger partial charge in [0, 0.05) is 34.8 Å². The Bertz CT molecular complexity index is 1640. The summed E-state index contributed by atoms with van der Waals surface area (Å²) in [5.74, 6) is -0.302. The lowest BCUT2D eigenvalue weighted by atomic mass is 9.78. The minimum absolute atomic E-state index is 0.153. The molecule has 10 nitrogen and oxygen atoms in total. The van der Waals surface area contributed by atoms with Crippen LogP contribution in [0, 0.1) is 0 Å². The summed E-state index contributed by atoms with van der Waals surface area (Å²) in [6.07, 6.45) is 12.8. The van der Waals surface area contributed by atoms with Crippen molar-refractivity contribution in [3.8, 4) is 0 Å². The number of carbonyl (C=O) groups excluding carboxylic acids is 3. The van der Waals surface area contributed by atoms with Gasteiger partial charge in [0.2, 0.25) is 5.91 Å². The zero-order valence-electron chi connectivity index (χ0n) is 34.2. The molecule has 4 N–H and O–H groups in total. The van der Waals surface area contributed by atoms with Crippen LogP contribution in [-0.4, -0.2) is 69.1 Å². The molecule has 0 radical (unpaired) electrons. The monoisotopic (exact) mass is 805 g/mol. The van der Waals surface area contributed by atoms with E-state index in [4.69, 9.17) is 36.3 Å². The number of hydrogen-bond acceptors (Lipinski definition) is 8. The number of rotatable bonds is 19. The molecule has 57 heavy (non-hydrogen) atoms. The molecule has 4 rings (SSSR count). The van der Waals surface area contributed by atoms with Crippen molar-refractivity contribution in [3.05, 3.63) is 106 Å². The first-order valence-electron chi connectivity index (χ1n) is 20.8. The standard InChI is InChI=1S/C46H64ClN3O7/c1-45(2,3)57-44(53)50-29-17-16-24-41(48)43(52)49-30-31-54-32-33-55-34-42(51)56-46(37-20-12-9-13-21-37,39-22-14-15-23-40(39)47)38-27-25-36(26-28-38)35-18-10-7-5-4-6-8-11-19-35/h9,12-15,20-23,25-28,35,41H,4-8,10-11,16-19,24,29-34,48H2,1-3H3,(H,49,52)(H,50,53)/t41-,46?/m0/s1. The van der Waals surface area contributed by atoms with Gasteiger partial charge in [0.1, 0.15) is 12.2 Å². The Balaban J connectivity index is 1.28. The van der Waals surface area contributed by atoms with Crippen LogP contribution in [0.2, 0.25) is 5.02 Å². The molecular formula is C46H64ClN3O7. The minimum atomic E-state index is -1.32. The highest BCUT2D eigenvalue weighted by Crippen LogP contribution is 2.44. The summed E-state index contributed by atoms with van der Waals surface area (Å²) < 4.78 is 23.1. The van der Waals surface area contributed by atoms with Gasteiger partial charge in [-0.1, -0.05) is 129 Å². The van der Waals surface area contributed by atoms with Crippen LogP contribution in [0.1, 0.15) is 126 Å². The molecule has 1 aliphatic carbocycles. The number of amides is 2. The Hall–Kier alpha value is -3.96. The van der Waals surface area contributed by atoms with Gasteiger partial charge in [-0.2, -0.15) is 0 Å². The van der Waals surface area contributed by atoms with E-state index in [0.29, 0.717) is 42.3 Å². The summed E-state index contributed by atoms with van der Waals surface area (Å²) in [7, 11) is 0. The van der Waals surface area contributed by atoms with Crippen molar-refractivity contribution in [2.24, 2.45) is 5.73 Å². The van der Waals surface area contributed by atoms with Crippen LogP contribution in [0.5, 0.6) is 0 Å². The quantitative estimate of drug-likeness (QED) is 0.0621. The van der Waals surface area contributed by atoms with Gasteiger partial charge >= 0.3 is 12.1 Å². The summed E-state index contributed by atoms with van der Waals surface area (Å²) in [5, 5.41) is 5.97.